The molecular formula is C16H23N5O4S. The van der Waals surface area contributed by atoms with E-state index < -0.39 is 10.0 Å². The van der Waals surface area contributed by atoms with Crippen LogP contribution in [0.15, 0.2) is 33.7 Å². The number of sulfonamides is 1. The van der Waals surface area contributed by atoms with Crippen molar-refractivity contribution in [3.8, 4) is 11.5 Å². The number of benzene rings is 1. The topological polar surface area (TPSA) is 110 Å². The summed E-state index contributed by atoms with van der Waals surface area (Å²) in [6.45, 7) is 3.14. The van der Waals surface area contributed by atoms with Gasteiger partial charge in [-0.15, -0.1) is 0 Å². The molecule has 1 aliphatic rings. The second-order valence-corrected chi connectivity index (χ2v) is 7.84. The van der Waals surface area contributed by atoms with Crippen molar-refractivity contribution in [2.24, 2.45) is 0 Å². The van der Waals surface area contributed by atoms with E-state index in [2.05, 4.69) is 25.1 Å². The molecule has 2 aromatic rings. The summed E-state index contributed by atoms with van der Waals surface area (Å²) < 4.78 is 37.0. The first kappa shape index (κ1) is 18.9. The van der Waals surface area contributed by atoms with E-state index >= 15 is 0 Å². The summed E-state index contributed by atoms with van der Waals surface area (Å²) in [5.74, 6) is 0.989. The Hall–Kier alpha value is -1.85. The van der Waals surface area contributed by atoms with Crippen molar-refractivity contribution in [3.05, 3.63) is 30.1 Å². The first-order valence-electron chi connectivity index (χ1n) is 8.35. The first-order chi connectivity index (χ1) is 12.5. The molecule has 2 N–H and O–H groups in total. The lowest BCUT2D eigenvalue weighted by Crippen LogP contribution is -2.44. The molecule has 0 bridgehead atoms. The minimum absolute atomic E-state index is 0.0610. The zero-order valence-corrected chi connectivity index (χ0v) is 15.6. The van der Waals surface area contributed by atoms with Crippen LogP contribution >= 0.6 is 0 Å². The molecule has 0 spiro atoms. The number of methoxy groups -OCH3 is 1. The van der Waals surface area contributed by atoms with Crippen molar-refractivity contribution in [3.63, 3.8) is 0 Å². The smallest absolute Gasteiger partial charge is 0.257 e. The van der Waals surface area contributed by atoms with E-state index in [0.717, 1.165) is 19.6 Å². The highest BCUT2D eigenvalue weighted by Gasteiger charge is 2.25. The number of piperazine rings is 1. The van der Waals surface area contributed by atoms with Crippen LogP contribution in [0, 0.1) is 0 Å². The van der Waals surface area contributed by atoms with Crippen LogP contribution in [0.3, 0.4) is 0 Å². The Kier molecular flexibility index (Phi) is 5.99. The number of likely N-dealkylation sites (N-methyl/N-ethyl adjacent to an activating group) is 1. The van der Waals surface area contributed by atoms with Crippen LogP contribution in [0.25, 0.3) is 11.5 Å². The van der Waals surface area contributed by atoms with Crippen molar-refractivity contribution in [1.82, 2.24) is 25.1 Å². The average molecular weight is 381 g/mol. The summed E-state index contributed by atoms with van der Waals surface area (Å²) in [5, 5.41) is 7.39. The highest BCUT2D eigenvalue weighted by molar-refractivity contribution is 7.89. The maximum absolute atomic E-state index is 12.2. The van der Waals surface area contributed by atoms with Crippen molar-refractivity contribution in [1.29, 1.82) is 0 Å². The van der Waals surface area contributed by atoms with E-state index in [0.29, 0.717) is 23.9 Å². The predicted molar refractivity (Wildman–Crippen MR) is 95.0 cm³/mol. The van der Waals surface area contributed by atoms with Gasteiger partial charge < -0.3 is 14.6 Å². The molecule has 1 saturated heterocycles. The largest absolute Gasteiger partial charge is 0.383 e. The molecule has 2 heterocycles. The number of nitrogens with one attached hydrogen (secondary N) is 2. The van der Waals surface area contributed by atoms with Gasteiger partial charge in [0.05, 0.1) is 17.5 Å². The minimum atomic E-state index is -3.56. The number of aromatic nitrogens is 2. The molecule has 1 aliphatic heterocycles. The number of ether oxygens (including phenoxy) is 1. The molecule has 0 saturated carbocycles. The third-order valence-electron chi connectivity index (χ3n) is 4.26. The number of hydrogen-bond acceptors (Lipinski definition) is 8. The van der Waals surface area contributed by atoms with E-state index in [-0.39, 0.29) is 17.5 Å². The van der Waals surface area contributed by atoms with Gasteiger partial charge in [-0.25, -0.2) is 13.1 Å². The maximum Gasteiger partial charge on any atom is 0.257 e. The molecule has 1 aromatic heterocycles. The monoisotopic (exact) mass is 381 g/mol. The maximum atomic E-state index is 12.2. The third-order valence-corrected chi connectivity index (χ3v) is 5.74. The van der Waals surface area contributed by atoms with Crippen molar-refractivity contribution in [2.45, 2.75) is 10.9 Å². The van der Waals surface area contributed by atoms with Gasteiger partial charge in [-0.05, 0) is 31.3 Å². The Morgan fingerprint density at radius 2 is 2.15 bits per heavy atom. The van der Waals surface area contributed by atoms with Gasteiger partial charge in [-0.1, -0.05) is 5.16 Å². The van der Waals surface area contributed by atoms with Gasteiger partial charge in [0.15, 0.2) is 5.82 Å². The molecule has 1 unspecified atom stereocenters. The third kappa shape index (κ3) is 4.27. The average Bonchev–Trinajstić information content (AvgIpc) is 3.12. The predicted octanol–water partition coefficient (Wildman–Crippen LogP) is 0.237. The first-order valence-corrected chi connectivity index (χ1v) is 9.83. The second-order valence-electron chi connectivity index (χ2n) is 6.07. The lowest BCUT2D eigenvalue weighted by Gasteiger charge is -2.30. The Bertz CT molecular complexity index is 821. The summed E-state index contributed by atoms with van der Waals surface area (Å²) >= 11 is 0. The van der Waals surface area contributed by atoms with Gasteiger partial charge in [-0.3, -0.25) is 4.90 Å². The molecule has 1 aromatic carbocycles. The highest BCUT2D eigenvalue weighted by Crippen LogP contribution is 2.23. The van der Waals surface area contributed by atoms with Gasteiger partial charge in [0, 0.05) is 38.9 Å². The Morgan fingerprint density at radius 1 is 1.38 bits per heavy atom. The van der Waals surface area contributed by atoms with Crippen molar-refractivity contribution < 1.29 is 17.7 Å². The molecule has 0 radical (unpaired) electrons. The fraction of sp³-hybridized carbons (Fsp3) is 0.500. The van der Waals surface area contributed by atoms with Crippen LogP contribution in [0.1, 0.15) is 11.9 Å². The quantitative estimate of drug-likeness (QED) is 0.657. The Morgan fingerprint density at radius 3 is 2.85 bits per heavy atom. The highest BCUT2D eigenvalue weighted by atomic mass is 32.2. The molecule has 3 rings (SSSR count). The van der Waals surface area contributed by atoms with Crippen molar-refractivity contribution in [2.75, 3.05) is 46.9 Å². The summed E-state index contributed by atoms with van der Waals surface area (Å²) in [6.07, 6.45) is 0. The van der Waals surface area contributed by atoms with E-state index in [1.807, 2.05) is 7.05 Å². The van der Waals surface area contributed by atoms with Crippen molar-refractivity contribution >= 4 is 10.0 Å². The number of hydrogen-bond donors (Lipinski definition) is 2. The SMILES string of the molecule is COCCNS(=O)(=O)c1ccc(-c2nc(C3CNCCN3C)no2)cc1. The number of rotatable bonds is 7. The van der Waals surface area contributed by atoms with E-state index in [9.17, 15) is 8.42 Å². The molecule has 26 heavy (non-hydrogen) atoms. The zero-order chi connectivity index (χ0) is 18.6. The Labute approximate surface area is 152 Å². The molecule has 1 fully saturated rings. The fourth-order valence-corrected chi connectivity index (χ4v) is 3.73. The fourth-order valence-electron chi connectivity index (χ4n) is 2.72. The minimum Gasteiger partial charge on any atom is -0.383 e. The van der Waals surface area contributed by atoms with Crippen LogP contribution in [-0.2, 0) is 14.8 Å². The van der Waals surface area contributed by atoms with Gasteiger partial charge >= 0.3 is 0 Å². The number of nitrogens with zero attached hydrogens (tertiary/aromatic N) is 3. The summed E-state index contributed by atoms with van der Waals surface area (Å²) in [4.78, 5) is 6.81. The molecule has 1 atom stereocenters. The zero-order valence-electron chi connectivity index (χ0n) is 14.8. The van der Waals surface area contributed by atoms with Crippen LogP contribution in [0.2, 0.25) is 0 Å². The summed E-state index contributed by atoms with van der Waals surface area (Å²) in [5.41, 5.74) is 0.672. The molecule has 10 heteroatoms. The molecular weight excluding hydrogens is 358 g/mol. The van der Waals surface area contributed by atoms with Gasteiger partial charge in [-0.2, -0.15) is 4.98 Å². The van der Waals surface area contributed by atoms with Crippen LogP contribution < -0.4 is 10.0 Å². The Balaban J connectivity index is 1.73. The molecule has 9 nitrogen and oxygen atoms in total. The van der Waals surface area contributed by atoms with Gasteiger partial charge in [0.2, 0.25) is 10.0 Å². The van der Waals surface area contributed by atoms with Crippen LogP contribution in [0.5, 0.6) is 0 Å². The molecule has 142 valence electrons. The molecule has 0 amide bonds. The lowest BCUT2D eigenvalue weighted by atomic mass is 10.2. The lowest BCUT2D eigenvalue weighted by molar-refractivity contribution is 0.190. The van der Waals surface area contributed by atoms with Gasteiger partial charge in [0.25, 0.3) is 5.89 Å². The van der Waals surface area contributed by atoms with Crippen LogP contribution in [-0.4, -0.2) is 70.4 Å². The van der Waals surface area contributed by atoms with E-state index in [1.165, 1.54) is 19.2 Å². The summed E-state index contributed by atoms with van der Waals surface area (Å²) in [6, 6.07) is 6.41. The summed E-state index contributed by atoms with van der Waals surface area (Å²) in [7, 11) is -0.0199. The van der Waals surface area contributed by atoms with E-state index in [1.54, 1.807) is 12.1 Å². The normalized spacial score (nSPS) is 18.9. The second kappa shape index (κ2) is 8.23. The van der Waals surface area contributed by atoms with E-state index in [4.69, 9.17) is 9.26 Å². The standard InChI is InChI=1S/C16H23N5O4S/c1-21-9-7-17-11-14(21)15-19-16(25-20-15)12-3-5-13(6-4-12)26(22,23)18-8-10-24-2/h3-6,14,17-18H,7-11H2,1-2H3. The van der Waals surface area contributed by atoms with Crippen LogP contribution in [0.4, 0.5) is 0 Å². The van der Waals surface area contributed by atoms with Gasteiger partial charge in [0.1, 0.15) is 0 Å². The molecule has 0 aliphatic carbocycles.